The molecule has 2 saturated heterocycles. The molecule has 5 unspecified atom stereocenters. The van der Waals surface area contributed by atoms with Crippen molar-refractivity contribution >= 4 is 5.82 Å². The Labute approximate surface area is 124 Å². The molecule has 2 aliphatic heterocycles. The van der Waals surface area contributed by atoms with Gasteiger partial charge in [-0.3, -0.25) is 4.90 Å². The molecule has 1 saturated carbocycles. The smallest absolute Gasteiger partial charge is 0.124 e. The molecule has 3 nitrogen and oxygen atoms in total. The molecule has 1 aliphatic carbocycles. The first kappa shape index (κ1) is 11.8. The van der Waals surface area contributed by atoms with Crippen LogP contribution in [0.25, 0.3) is 11.3 Å². The summed E-state index contributed by atoms with van der Waals surface area (Å²) in [7, 11) is 0. The highest BCUT2D eigenvalue weighted by molar-refractivity contribution is 5.61. The van der Waals surface area contributed by atoms with Gasteiger partial charge >= 0.3 is 0 Å². The van der Waals surface area contributed by atoms with Crippen molar-refractivity contribution in [2.24, 2.45) is 11.8 Å². The first-order chi connectivity index (χ1) is 10.2. The van der Waals surface area contributed by atoms with Crippen LogP contribution in [0.5, 0.6) is 0 Å². The zero-order valence-corrected chi connectivity index (χ0v) is 12.1. The van der Waals surface area contributed by atoms with E-state index in [9.17, 15) is 0 Å². The van der Waals surface area contributed by atoms with Crippen molar-refractivity contribution in [1.82, 2.24) is 9.88 Å². The van der Waals surface area contributed by atoms with E-state index >= 15 is 0 Å². The van der Waals surface area contributed by atoms with Gasteiger partial charge in [-0.15, -0.1) is 0 Å². The number of benzene rings is 1. The van der Waals surface area contributed by atoms with Gasteiger partial charge in [-0.25, -0.2) is 4.98 Å². The van der Waals surface area contributed by atoms with Gasteiger partial charge in [0.05, 0.1) is 5.69 Å². The quantitative estimate of drug-likeness (QED) is 0.938. The highest BCUT2D eigenvalue weighted by Crippen LogP contribution is 2.68. The molecule has 3 heteroatoms. The van der Waals surface area contributed by atoms with Gasteiger partial charge in [-0.05, 0) is 35.4 Å². The first-order valence-electron chi connectivity index (χ1n) is 7.82. The number of hydrogen-bond acceptors (Lipinski definition) is 3. The van der Waals surface area contributed by atoms with Crippen molar-refractivity contribution in [2.45, 2.75) is 24.9 Å². The Balaban J connectivity index is 1.40. The second-order valence-electron chi connectivity index (χ2n) is 6.78. The Morgan fingerprint density at radius 2 is 2.00 bits per heavy atom. The number of nitrogens with zero attached hydrogens (tertiary/aromatic N) is 2. The van der Waals surface area contributed by atoms with Crippen LogP contribution in [0, 0.1) is 11.8 Å². The zero-order valence-electron chi connectivity index (χ0n) is 12.1. The molecule has 2 aromatic rings. The van der Waals surface area contributed by atoms with E-state index in [-0.39, 0.29) is 0 Å². The largest absolute Gasteiger partial charge is 0.384 e. The Bertz CT molecular complexity index is 697. The van der Waals surface area contributed by atoms with Crippen LogP contribution in [0.3, 0.4) is 0 Å². The van der Waals surface area contributed by atoms with Crippen LogP contribution in [-0.4, -0.2) is 28.5 Å². The molecule has 1 aromatic heterocycles. The minimum atomic E-state index is 0.576. The Hall–Kier alpha value is -1.87. The third-order valence-corrected chi connectivity index (χ3v) is 5.78. The van der Waals surface area contributed by atoms with E-state index in [1.165, 1.54) is 12.1 Å². The Morgan fingerprint density at radius 3 is 2.62 bits per heavy atom. The standard InChI is InChI=1S/C18H19N3/c1-10(17-16-13-9-21(17)18(13)16)11-5-7-12(8-6-11)14-3-2-4-15(19)20-14/h2-8,10,13,16-18H,9H2,1H3,(H2,19,20). The van der Waals surface area contributed by atoms with E-state index < -0.39 is 0 Å². The van der Waals surface area contributed by atoms with Crippen LogP contribution in [-0.2, 0) is 0 Å². The van der Waals surface area contributed by atoms with Crippen LogP contribution in [0.4, 0.5) is 5.82 Å². The SMILES string of the molecule is CC(c1ccc(-c2cccc(N)n2)cc1)C1C2C3CN1C32. The molecular formula is C18H19N3. The van der Waals surface area contributed by atoms with Crippen molar-refractivity contribution in [3.63, 3.8) is 0 Å². The zero-order chi connectivity index (χ0) is 14.1. The molecule has 0 spiro atoms. The molecule has 1 aromatic carbocycles. The van der Waals surface area contributed by atoms with Gasteiger partial charge in [-0.2, -0.15) is 0 Å². The van der Waals surface area contributed by atoms with E-state index in [0.717, 1.165) is 35.2 Å². The number of anilines is 1. The number of nitrogens with two attached hydrogens (primary N) is 1. The van der Waals surface area contributed by atoms with Gasteiger partial charge in [0.1, 0.15) is 5.82 Å². The summed E-state index contributed by atoms with van der Waals surface area (Å²) in [5.41, 5.74) is 9.30. The molecule has 106 valence electrons. The molecule has 0 radical (unpaired) electrons. The van der Waals surface area contributed by atoms with Crippen molar-refractivity contribution in [1.29, 1.82) is 0 Å². The highest BCUT2D eigenvalue weighted by Gasteiger charge is 2.77. The molecule has 3 aliphatic rings. The van der Waals surface area contributed by atoms with Crippen molar-refractivity contribution < 1.29 is 0 Å². The van der Waals surface area contributed by atoms with E-state index in [1.807, 2.05) is 18.2 Å². The fourth-order valence-electron chi connectivity index (χ4n) is 4.59. The third kappa shape index (κ3) is 1.50. The fourth-order valence-corrected chi connectivity index (χ4v) is 4.59. The number of rotatable bonds is 3. The normalized spacial score (nSPS) is 33.6. The van der Waals surface area contributed by atoms with Gasteiger partial charge in [0.15, 0.2) is 0 Å². The van der Waals surface area contributed by atoms with E-state index in [4.69, 9.17) is 5.73 Å². The lowest BCUT2D eigenvalue weighted by molar-refractivity contribution is 0.0502. The van der Waals surface area contributed by atoms with Crippen molar-refractivity contribution in [2.75, 3.05) is 12.3 Å². The lowest BCUT2D eigenvalue weighted by atomic mass is 9.85. The van der Waals surface area contributed by atoms with Gasteiger partial charge in [0, 0.05) is 24.2 Å². The second-order valence-corrected chi connectivity index (χ2v) is 6.78. The molecule has 5 rings (SSSR count). The predicted molar refractivity (Wildman–Crippen MR) is 83.8 cm³/mol. The number of hydrogen-bond donors (Lipinski definition) is 1. The van der Waals surface area contributed by atoms with Crippen LogP contribution >= 0.6 is 0 Å². The number of pyridine rings is 1. The molecule has 3 fully saturated rings. The van der Waals surface area contributed by atoms with Crippen LogP contribution in [0.1, 0.15) is 18.4 Å². The summed E-state index contributed by atoms with van der Waals surface area (Å²) < 4.78 is 0. The Kier molecular flexibility index (Phi) is 2.16. The average molecular weight is 277 g/mol. The summed E-state index contributed by atoms with van der Waals surface area (Å²) in [6, 6.07) is 16.4. The number of aromatic nitrogens is 1. The maximum Gasteiger partial charge on any atom is 0.124 e. The third-order valence-electron chi connectivity index (χ3n) is 5.78. The number of nitrogen functional groups attached to an aromatic ring is 1. The number of fused-ring (bicyclic) bond motifs is 1. The molecule has 5 atom stereocenters. The minimum Gasteiger partial charge on any atom is -0.384 e. The molecule has 2 N–H and O–H groups in total. The molecule has 0 bridgehead atoms. The summed E-state index contributed by atoms with van der Waals surface area (Å²) in [5.74, 6) is 3.27. The summed E-state index contributed by atoms with van der Waals surface area (Å²) in [5, 5.41) is 0. The van der Waals surface area contributed by atoms with Gasteiger partial charge in [-0.1, -0.05) is 37.3 Å². The Morgan fingerprint density at radius 1 is 1.19 bits per heavy atom. The van der Waals surface area contributed by atoms with Gasteiger partial charge in [0.2, 0.25) is 0 Å². The predicted octanol–water partition coefficient (Wildman–Crippen LogP) is 2.75. The van der Waals surface area contributed by atoms with Crippen LogP contribution in [0.15, 0.2) is 42.5 Å². The molecule has 0 amide bonds. The lowest BCUT2D eigenvalue weighted by Crippen LogP contribution is -2.54. The van der Waals surface area contributed by atoms with Crippen LogP contribution < -0.4 is 5.73 Å². The van der Waals surface area contributed by atoms with E-state index in [0.29, 0.717) is 11.7 Å². The maximum absolute atomic E-state index is 5.76. The van der Waals surface area contributed by atoms with Crippen molar-refractivity contribution in [3.05, 3.63) is 48.0 Å². The lowest BCUT2D eigenvalue weighted by Gasteiger charge is -2.44. The van der Waals surface area contributed by atoms with Gasteiger partial charge in [0.25, 0.3) is 0 Å². The topological polar surface area (TPSA) is 42.1 Å². The monoisotopic (exact) mass is 277 g/mol. The average Bonchev–Trinajstić information content (AvgIpc) is 2.81. The van der Waals surface area contributed by atoms with Crippen molar-refractivity contribution in [3.8, 4) is 11.3 Å². The summed E-state index contributed by atoms with van der Waals surface area (Å²) in [6.07, 6.45) is 0. The molecule has 21 heavy (non-hydrogen) atoms. The minimum absolute atomic E-state index is 0.576. The van der Waals surface area contributed by atoms with Crippen LogP contribution in [0.2, 0.25) is 0 Å². The fraction of sp³-hybridized carbons (Fsp3) is 0.389. The summed E-state index contributed by atoms with van der Waals surface area (Å²) >= 11 is 0. The number of piperidine rings is 1. The highest BCUT2D eigenvalue weighted by atomic mass is 15.4. The molecular weight excluding hydrogens is 258 g/mol. The summed E-state index contributed by atoms with van der Waals surface area (Å²) in [6.45, 7) is 3.73. The van der Waals surface area contributed by atoms with E-state index in [1.54, 1.807) is 0 Å². The van der Waals surface area contributed by atoms with E-state index in [2.05, 4.69) is 41.1 Å². The first-order valence-corrected chi connectivity index (χ1v) is 7.82. The second kappa shape index (κ2) is 3.86. The maximum atomic E-state index is 5.76. The molecule has 3 heterocycles. The summed E-state index contributed by atoms with van der Waals surface area (Å²) in [4.78, 5) is 7.08. The van der Waals surface area contributed by atoms with Gasteiger partial charge < -0.3 is 5.73 Å².